The molecule has 1 rings (SSSR count). The van der Waals surface area contributed by atoms with Gasteiger partial charge in [-0.05, 0) is 31.9 Å². The number of nitrogens with zero attached hydrogens (tertiary/aromatic N) is 3. The van der Waals surface area contributed by atoms with Crippen LogP contribution in [0.3, 0.4) is 0 Å². The van der Waals surface area contributed by atoms with Gasteiger partial charge in [-0.25, -0.2) is 4.98 Å². The van der Waals surface area contributed by atoms with Gasteiger partial charge in [0.15, 0.2) is 5.84 Å². The molecule has 1 aromatic heterocycles. The third-order valence-corrected chi connectivity index (χ3v) is 2.75. The van der Waals surface area contributed by atoms with Crippen molar-refractivity contribution in [3.63, 3.8) is 0 Å². The van der Waals surface area contributed by atoms with Gasteiger partial charge < -0.3 is 20.9 Å². The molecule has 0 radical (unpaired) electrons. The minimum atomic E-state index is -0.371. The van der Waals surface area contributed by atoms with Gasteiger partial charge in [0.2, 0.25) is 0 Å². The molecule has 0 fully saturated rings. The molecule has 0 amide bonds. The van der Waals surface area contributed by atoms with E-state index in [1.54, 1.807) is 19.2 Å². The summed E-state index contributed by atoms with van der Waals surface area (Å²) in [7, 11) is 1.86. The molecular formula is C12H20N4O2. The maximum absolute atomic E-state index is 9.29. The molecule has 6 heteroatoms. The lowest BCUT2D eigenvalue weighted by molar-refractivity contribution is 0.187. The fourth-order valence-corrected chi connectivity index (χ4v) is 1.69. The second kappa shape index (κ2) is 6.20. The van der Waals surface area contributed by atoms with Crippen LogP contribution in [-0.4, -0.2) is 40.8 Å². The zero-order valence-corrected chi connectivity index (χ0v) is 11.0. The first kappa shape index (κ1) is 14.2. The smallest absolute Gasteiger partial charge is 0.174 e. The summed E-state index contributed by atoms with van der Waals surface area (Å²) in [6, 6.07) is 1.80. The summed E-state index contributed by atoms with van der Waals surface area (Å²) in [6.45, 7) is 4.25. The van der Waals surface area contributed by atoms with E-state index in [2.05, 4.69) is 10.1 Å². The maximum Gasteiger partial charge on any atom is 0.174 e. The zero-order chi connectivity index (χ0) is 13.7. The van der Waals surface area contributed by atoms with Crippen LogP contribution in [0.2, 0.25) is 0 Å². The highest BCUT2D eigenvalue weighted by Gasteiger charge is 2.15. The molecular weight excluding hydrogens is 232 g/mol. The van der Waals surface area contributed by atoms with E-state index in [1.807, 2.05) is 18.9 Å². The van der Waals surface area contributed by atoms with Crippen LogP contribution in [0.1, 0.15) is 24.5 Å². The minimum Gasteiger partial charge on any atom is -0.409 e. The summed E-state index contributed by atoms with van der Waals surface area (Å²) >= 11 is 0. The number of hydrogen-bond acceptors (Lipinski definition) is 5. The van der Waals surface area contributed by atoms with Gasteiger partial charge in [0.25, 0.3) is 0 Å². The summed E-state index contributed by atoms with van der Waals surface area (Å²) in [4.78, 5) is 6.14. The summed E-state index contributed by atoms with van der Waals surface area (Å²) < 4.78 is 0. The first-order chi connectivity index (χ1) is 8.47. The normalized spacial score (nSPS) is 13.4. The van der Waals surface area contributed by atoms with E-state index in [4.69, 9.17) is 10.9 Å². The number of hydrogen-bond donors (Lipinski definition) is 3. The van der Waals surface area contributed by atoms with E-state index in [0.717, 1.165) is 5.56 Å². The molecule has 100 valence electrons. The number of rotatable bonds is 5. The quantitative estimate of drug-likeness (QED) is 0.310. The van der Waals surface area contributed by atoms with Gasteiger partial charge in [0.05, 0.1) is 11.7 Å². The summed E-state index contributed by atoms with van der Waals surface area (Å²) in [5.41, 5.74) is 7.18. The Morgan fingerprint density at radius 1 is 1.61 bits per heavy atom. The second-order valence-electron chi connectivity index (χ2n) is 4.37. The number of anilines is 1. The molecule has 0 aliphatic carbocycles. The third kappa shape index (κ3) is 3.33. The van der Waals surface area contributed by atoms with Crippen molar-refractivity contribution in [1.82, 2.24) is 4.98 Å². The highest BCUT2D eigenvalue weighted by atomic mass is 16.4. The lowest BCUT2D eigenvalue weighted by Gasteiger charge is -2.22. The molecule has 0 spiro atoms. The molecule has 0 bridgehead atoms. The summed E-state index contributed by atoms with van der Waals surface area (Å²) in [5.74, 6) is 0.686. The van der Waals surface area contributed by atoms with Gasteiger partial charge in [0.1, 0.15) is 5.82 Å². The van der Waals surface area contributed by atoms with Crippen molar-refractivity contribution in [1.29, 1.82) is 0 Å². The van der Waals surface area contributed by atoms with Crippen LogP contribution in [0.4, 0.5) is 5.82 Å². The topological polar surface area (TPSA) is 95.0 Å². The molecule has 1 aromatic rings. The first-order valence-electron chi connectivity index (χ1n) is 5.80. The van der Waals surface area contributed by atoms with Gasteiger partial charge in [-0.3, -0.25) is 0 Å². The van der Waals surface area contributed by atoms with Crippen LogP contribution in [0, 0.1) is 6.92 Å². The highest BCUT2D eigenvalue weighted by molar-refractivity contribution is 6.02. The van der Waals surface area contributed by atoms with Crippen LogP contribution in [0.25, 0.3) is 0 Å². The Labute approximate surface area is 107 Å². The summed E-state index contributed by atoms with van der Waals surface area (Å²) in [5, 5.41) is 21.1. The minimum absolute atomic E-state index is 0.0412. The number of nitrogens with two attached hydrogens (primary N) is 1. The van der Waals surface area contributed by atoms with Crippen molar-refractivity contribution in [2.24, 2.45) is 10.9 Å². The zero-order valence-electron chi connectivity index (χ0n) is 11.0. The van der Waals surface area contributed by atoms with E-state index >= 15 is 0 Å². The number of aryl methyl sites for hydroxylation is 1. The lowest BCUT2D eigenvalue weighted by Crippen LogP contribution is -2.27. The van der Waals surface area contributed by atoms with Gasteiger partial charge in [0, 0.05) is 19.8 Å². The van der Waals surface area contributed by atoms with Crippen molar-refractivity contribution in [3.8, 4) is 0 Å². The lowest BCUT2D eigenvalue weighted by atomic mass is 10.1. The van der Waals surface area contributed by atoms with E-state index in [9.17, 15) is 5.11 Å². The van der Waals surface area contributed by atoms with E-state index in [-0.39, 0.29) is 11.9 Å². The summed E-state index contributed by atoms with van der Waals surface area (Å²) in [6.07, 6.45) is 1.93. The van der Waals surface area contributed by atoms with Gasteiger partial charge in [-0.15, -0.1) is 0 Å². The monoisotopic (exact) mass is 252 g/mol. The van der Waals surface area contributed by atoms with Crippen LogP contribution >= 0.6 is 0 Å². The Kier molecular flexibility index (Phi) is 4.91. The molecule has 0 aliphatic heterocycles. The largest absolute Gasteiger partial charge is 0.409 e. The van der Waals surface area contributed by atoms with Crippen LogP contribution in [-0.2, 0) is 0 Å². The molecule has 1 unspecified atom stereocenters. The standard InChI is InChI=1S/C12H20N4O2/c1-8-4-6-14-12(10(8)11(13)15-18)16(3)7-5-9(2)17/h4,6,9,17-18H,5,7H2,1-3H3,(H2,13,15). The number of oxime groups is 1. The Bertz CT molecular complexity index is 432. The molecule has 0 saturated heterocycles. The van der Waals surface area contributed by atoms with E-state index < -0.39 is 0 Å². The Balaban J connectivity index is 3.04. The SMILES string of the molecule is Cc1ccnc(N(C)CCC(C)O)c1/C(N)=N/O. The number of aliphatic hydroxyl groups excluding tert-OH is 1. The Hall–Kier alpha value is -1.82. The van der Waals surface area contributed by atoms with Crippen LogP contribution < -0.4 is 10.6 Å². The molecule has 0 saturated carbocycles. The number of amidine groups is 1. The molecule has 6 nitrogen and oxygen atoms in total. The first-order valence-corrected chi connectivity index (χ1v) is 5.80. The van der Waals surface area contributed by atoms with Crippen molar-refractivity contribution < 1.29 is 10.3 Å². The van der Waals surface area contributed by atoms with E-state index in [1.165, 1.54) is 0 Å². The third-order valence-electron chi connectivity index (χ3n) is 2.75. The predicted molar refractivity (Wildman–Crippen MR) is 71.1 cm³/mol. The van der Waals surface area contributed by atoms with Crippen molar-refractivity contribution in [2.75, 3.05) is 18.5 Å². The highest BCUT2D eigenvalue weighted by Crippen LogP contribution is 2.20. The van der Waals surface area contributed by atoms with Crippen molar-refractivity contribution in [3.05, 3.63) is 23.4 Å². The molecule has 0 aromatic carbocycles. The fourth-order valence-electron chi connectivity index (χ4n) is 1.69. The maximum atomic E-state index is 9.29. The predicted octanol–water partition coefficient (Wildman–Crippen LogP) is 0.692. The fraction of sp³-hybridized carbons (Fsp3) is 0.500. The van der Waals surface area contributed by atoms with Gasteiger partial charge >= 0.3 is 0 Å². The molecule has 0 aliphatic rings. The van der Waals surface area contributed by atoms with Gasteiger partial charge in [-0.2, -0.15) is 0 Å². The molecule has 4 N–H and O–H groups in total. The van der Waals surface area contributed by atoms with Crippen LogP contribution in [0.5, 0.6) is 0 Å². The number of aliphatic hydroxyl groups is 1. The Morgan fingerprint density at radius 3 is 2.83 bits per heavy atom. The average Bonchev–Trinajstić information content (AvgIpc) is 2.34. The van der Waals surface area contributed by atoms with E-state index in [0.29, 0.717) is 24.3 Å². The number of pyridine rings is 1. The average molecular weight is 252 g/mol. The Morgan fingerprint density at radius 2 is 2.28 bits per heavy atom. The van der Waals surface area contributed by atoms with Crippen molar-refractivity contribution >= 4 is 11.7 Å². The van der Waals surface area contributed by atoms with Crippen LogP contribution in [0.15, 0.2) is 17.4 Å². The second-order valence-corrected chi connectivity index (χ2v) is 4.37. The number of aromatic nitrogens is 1. The molecule has 18 heavy (non-hydrogen) atoms. The molecule has 1 heterocycles. The van der Waals surface area contributed by atoms with Crippen molar-refractivity contribution in [2.45, 2.75) is 26.4 Å². The molecule has 1 atom stereocenters. The van der Waals surface area contributed by atoms with Gasteiger partial charge in [-0.1, -0.05) is 5.16 Å².